The third kappa shape index (κ3) is 5.19. The van der Waals surface area contributed by atoms with Gasteiger partial charge < -0.3 is 9.64 Å². The number of nitrogens with zero attached hydrogens (tertiary/aromatic N) is 2. The highest BCUT2D eigenvalue weighted by Gasteiger charge is 2.23. The molecule has 1 saturated heterocycles. The Kier molecular flexibility index (Phi) is 6.67. The Balaban J connectivity index is 1.29. The molecular weight excluding hydrogens is 423 g/mol. The number of benzene rings is 2. The van der Waals surface area contributed by atoms with Crippen LogP contribution in [0.2, 0.25) is 5.02 Å². The first-order valence-corrected chi connectivity index (χ1v) is 11.0. The summed E-state index contributed by atoms with van der Waals surface area (Å²) in [6.07, 6.45) is 0. The predicted octanol–water partition coefficient (Wildman–Crippen LogP) is 5.08. The molecule has 0 saturated carbocycles. The summed E-state index contributed by atoms with van der Waals surface area (Å²) in [4.78, 5) is 17.6. The van der Waals surface area contributed by atoms with Crippen LogP contribution in [0.25, 0.3) is 0 Å². The molecule has 0 aliphatic carbocycles. The van der Waals surface area contributed by atoms with Crippen LogP contribution in [0.5, 0.6) is 5.75 Å². The van der Waals surface area contributed by atoms with Gasteiger partial charge in [0, 0.05) is 48.9 Å². The van der Waals surface area contributed by atoms with Gasteiger partial charge in [0.2, 0.25) is 0 Å². The Morgan fingerprint density at radius 3 is 2.63 bits per heavy atom. The summed E-state index contributed by atoms with van der Waals surface area (Å²) in [5, 5.41) is 2.58. The van der Waals surface area contributed by atoms with Crippen LogP contribution in [0.4, 0.5) is 4.39 Å². The minimum absolute atomic E-state index is 0.0412. The highest BCUT2D eigenvalue weighted by Crippen LogP contribution is 2.22. The minimum Gasteiger partial charge on any atom is -0.489 e. The maximum absolute atomic E-state index is 13.9. The fourth-order valence-electron chi connectivity index (χ4n) is 3.42. The predicted molar refractivity (Wildman–Crippen MR) is 118 cm³/mol. The molecule has 4 nitrogen and oxygen atoms in total. The van der Waals surface area contributed by atoms with Crippen molar-refractivity contribution in [1.29, 1.82) is 0 Å². The van der Waals surface area contributed by atoms with E-state index in [0.717, 1.165) is 18.7 Å². The van der Waals surface area contributed by atoms with Crippen molar-refractivity contribution in [2.75, 3.05) is 26.2 Å². The van der Waals surface area contributed by atoms with Gasteiger partial charge in [0.05, 0.1) is 4.88 Å². The van der Waals surface area contributed by atoms with Crippen LogP contribution in [0, 0.1) is 5.82 Å². The van der Waals surface area contributed by atoms with Crippen LogP contribution in [-0.2, 0) is 13.2 Å². The Bertz CT molecular complexity index is 1020. The van der Waals surface area contributed by atoms with E-state index in [-0.39, 0.29) is 11.7 Å². The number of halogens is 2. The average Bonchev–Trinajstić information content (AvgIpc) is 3.23. The van der Waals surface area contributed by atoms with Crippen molar-refractivity contribution in [3.8, 4) is 5.75 Å². The molecule has 30 heavy (non-hydrogen) atoms. The van der Waals surface area contributed by atoms with Crippen molar-refractivity contribution in [1.82, 2.24) is 9.80 Å². The third-order valence-corrected chi connectivity index (χ3v) is 6.28. The van der Waals surface area contributed by atoms with E-state index in [1.54, 1.807) is 18.2 Å². The number of hydrogen-bond donors (Lipinski definition) is 0. The van der Waals surface area contributed by atoms with E-state index < -0.39 is 0 Å². The van der Waals surface area contributed by atoms with Gasteiger partial charge >= 0.3 is 0 Å². The fourth-order valence-corrected chi connectivity index (χ4v) is 4.46. The first-order chi connectivity index (χ1) is 14.6. The minimum atomic E-state index is -0.179. The summed E-state index contributed by atoms with van der Waals surface area (Å²) in [7, 11) is 0. The zero-order valence-electron chi connectivity index (χ0n) is 16.4. The zero-order valence-corrected chi connectivity index (χ0v) is 18.0. The molecule has 0 radical (unpaired) electrons. The van der Waals surface area contributed by atoms with Crippen LogP contribution < -0.4 is 4.74 Å². The van der Waals surface area contributed by atoms with Crippen LogP contribution in [-0.4, -0.2) is 41.9 Å². The first kappa shape index (κ1) is 20.8. The number of rotatable bonds is 6. The Morgan fingerprint density at radius 2 is 1.87 bits per heavy atom. The smallest absolute Gasteiger partial charge is 0.264 e. The van der Waals surface area contributed by atoms with E-state index in [4.69, 9.17) is 16.3 Å². The number of carbonyl (C=O) groups is 1. The van der Waals surface area contributed by atoms with E-state index in [9.17, 15) is 9.18 Å². The molecule has 156 valence electrons. The summed E-state index contributed by atoms with van der Waals surface area (Å²) in [6, 6.07) is 16.0. The molecule has 3 aromatic rings. The lowest BCUT2D eigenvalue weighted by Gasteiger charge is -2.34. The van der Waals surface area contributed by atoms with Crippen LogP contribution >= 0.6 is 22.9 Å². The summed E-state index contributed by atoms with van der Waals surface area (Å²) in [5.74, 6) is 0.564. The lowest BCUT2D eigenvalue weighted by Crippen LogP contribution is -2.48. The summed E-state index contributed by atoms with van der Waals surface area (Å²) < 4.78 is 19.6. The number of amides is 1. The lowest BCUT2D eigenvalue weighted by atomic mass is 10.2. The zero-order chi connectivity index (χ0) is 20.9. The van der Waals surface area contributed by atoms with E-state index in [2.05, 4.69) is 4.90 Å². The summed E-state index contributed by atoms with van der Waals surface area (Å²) >= 11 is 7.41. The highest BCUT2D eigenvalue weighted by atomic mass is 35.5. The standard InChI is InChI=1S/C23H22ClFN2O2S/c24-19-5-3-6-20(13-19)29-15-17-12-22(30-16-17)23(28)27-10-8-26(9-11-27)14-18-4-1-2-7-21(18)25/h1-7,12-13,16H,8-11,14-15H2. The van der Waals surface area contributed by atoms with Crippen molar-refractivity contribution < 1.29 is 13.9 Å². The fraction of sp³-hybridized carbons (Fsp3) is 0.261. The van der Waals surface area contributed by atoms with E-state index in [0.29, 0.717) is 47.5 Å². The van der Waals surface area contributed by atoms with Crippen molar-refractivity contribution in [2.24, 2.45) is 0 Å². The van der Waals surface area contributed by atoms with Gasteiger partial charge in [-0.2, -0.15) is 0 Å². The largest absolute Gasteiger partial charge is 0.489 e. The average molecular weight is 445 g/mol. The van der Waals surface area contributed by atoms with Gasteiger partial charge in [0.1, 0.15) is 18.2 Å². The van der Waals surface area contributed by atoms with Gasteiger partial charge in [-0.1, -0.05) is 35.9 Å². The topological polar surface area (TPSA) is 32.8 Å². The molecule has 1 aliphatic heterocycles. The van der Waals surface area contributed by atoms with Gasteiger partial charge in [-0.25, -0.2) is 4.39 Å². The van der Waals surface area contributed by atoms with Gasteiger partial charge in [-0.15, -0.1) is 11.3 Å². The molecule has 0 N–H and O–H groups in total. The molecule has 0 unspecified atom stereocenters. The number of carbonyl (C=O) groups excluding carboxylic acids is 1. The monoisotopic (exact) mass is 444 g/mol. The van der Waals surface area contributed by atoms with Crippen molar-refractivity contribution in [3.05, 3.63) is 86.8 Å². The Morgan fingerprint density at radius 1 is 1.07 bits per heavy atom. The molecule has 4 rings (SSSR count). The molecule has 7 heteroatoms. The van der Waals surface area contributed by atoms with Crippen LogP contribution in [0.15, 0.2) is 60.0 Å². The SMILES string of the molecule is O=C(c1cc(COc2cccc(Cl)c2)cs1)N1CCN(Cc2ccccc2F)CC1. The second-order valence-electron chi connectivity index (χ2n) is 7.23. The third-order valence-electron chi connectivity index (χ3n) is 5.08. The first-order valence-electron chi connectivity index (χ1n) is 9.79. The van der Waals surface area contributed by atoms with Gasteiger partial charge in [-0.3, -0.25) is 9.69 Å². The molecule has 2 heterocycles. The van der Waals surface area contributed by atoms with E-state index in [1.807, 2.05) is 40.6 Å². The molecule has 1 aromatic heterocycles. The molecule has 1 aliphatic rings. The van der Waals surface area contributed by atoms with Crippen molar-refractivity contribution in [2.45, 2.75) is 13.2 Å². The quantitative estimate of drug-likeness (QED) is 0.531. The van der Waals surface area contributed by atoms with Crippen LogP contribution in [0.3, 0.4) is 0 Å². The Hall–Kier alpha value is -2.41. The van der Waals surface area contributed by atoms with E-state index >= 15 is 0 Å². The van der Waals surface area contributed by atoms with Gasteiger partial charge in [-0.05, 0) is 35.7 Å². The van der Waals surface area contributed by atoms with Crippen molar-refractivity contribution in [3.63, 3.8) is 0 Å². The number of thiophene rings is 1. The second kappa shape index (κ2) is 9.60. The number of ether oxygens (including phenoxy) is 1. The maximum Gasteiger partial charge on any atom is 0.264 e. The highest BCUT2D eigenvalue weighted by molar-refractivity contribution is 7.12. The second-order valence-corrected chi connectivity index (χ2v) is 8.57. The molecule has 0 spiro atoms. The number of hydrogen-bond acceptors (Lipinski definition) is 4. The van der Waals surface area contributed by atoms with Gasteiger partial charge in [0.15, 0.2) is 0 Å². The Labute approximate surface area is 184 Å². The van der Waals surface area contributed by atoms with Gasteiger partial charge in [0.25, 0.3) is 5.91 Å². The lowest BCUT2D eigenvalue weighted by molar-refractivity contribution is 0.0631. The molecule has 1 amide bonds. The molecular formula is C23H22ClFN2O2S. The van der Waals surface area contributed by atoms with E-state index in [1.165, 1.54) is 17.4 Å². The van der Waals surface area contributed by atoms with Crippen molar-refractivity contribution >= 4 is 28.8 Å². The molecule has 0 bridgehead atoms. The summed E-state index contributed by atoms with van der Waals surface area (Å²) in [6.45, 7) is 3.70. The normalized spacial score (nSPS) is 14.7. The number of piperazine rings is 1. The molecule has 1 fully saturated rings. The maximum atomic E-state index is 13.9. The summed E-state index contributed by atoms with van der Waals surface area (Å²) in [5.41, 5.74) is 1.65. The molecule has 0 atom stereocenters. The van der Waals surface area contributed by atoms with Crippen LogP contribution in [0.1, 0.15) is 20.8 Å². The molecule has 2 aromatic carbocycles.